The van der Waals surface area contributed by atoms with Crippen LogP contribution in [0.5, 0.6) is 0 Å². The number of nitrogens with one attached hydrogen (secondary N) is 1. The van der Waals surface area contributed by atoms with E-state index in [1.807, 2.05) is 6.92 Å². The first-order valence-electron chi connectivity index (χ1n) is 4.74. The molecule has 1 heterocycles. The van der Waals surface area contributed by atoms with Gasteiger partial charge in [0.25, 0.3) is 0 Å². The van der Waals surface area contributed by atoms with E-state index in [9.17, 15) is 4.91 Å². The van der Waals surface area contributed by atoms with E-state index >= 15 is 0 Å². The van der Waals surface area contributed by atoms with Gasteiger partial charge in [-0.05, 0) is 30.2 Å². The van der Waals surface area contributed by atoms with Gasteiger partial charge in [-0.15, -0.1) is 4.91 Å². The fourth-order valence-electron chi connectivity index (χ4n) is 1.38. The Morgan fingerprint density at radius 2 is 2.29 bits per heavy atom. The highest BCUT2D eigenvalue weighted by molar-refractivity contribution is 5.61. The molecule has 1 aromatic heterocycles. The Balaban J connectivity index is 3.15. The first kappa shape index (κ1) is 10.6. The second kappa shape index (κ2) is 4.69. The maximum atomic E-state index is 10.5. The van der Waals surface area contributed by atoms with Crippen LogP contribution in [0.4, 0.5) is 11.5 Å². The van der Waals surface area contributed by atoms with Crippen LogP contribution in [0.1, 0.15) is 24.6 Å². The molecule has 0 bridgehead atoms. The van der Waals surface area contributed by atoms with Crippen LogP contribution in [0, 0.1) is 11.8 Å². The monoisotopic (exact) mass is 193 g/mol. The van der Waals surface area contributed by atoms with Crippen molar-refractivity contribution in [2.24, 2.45) is 5.18 Å². The summed E-state index contributed by atoms with van der Waals surface area (Å²) >= 11 is 0. The van der Waals surface area contributed by atoms with Crippen LogP contribution >= 0.6 is 0 Å². The third-order valence-corrected chi connectivity index (χ3v) is 2.12. The van der Waals surface area contributed by atoms with Gasteiger partial charge in [0.15, 0.2) is 11.5 Å². The smallest absolute Gasteiger partial charge is 0.155 e. The van der Waals surface area contributed by atoms with Crippen molar-refractivity contribution >= 4 is 11.5 Å². The molecule has 76 valence electrons. The summed E-state index contributed by atoms with van der Waals surface area (Å²) in [6, 6.07) is 1.77. The number of hydrogen-bond acceptors (Lipinski definition) is 4. The lowest BCUT2D eigenvalue weighted by Crippen LogP contribution is -1.99. The van der Waals surface area contributed by atoms with Crippen LogP contribution in [-0.4, -0.2) is 12.0 Å². The van der Waals surface area contributed by atoms with Crippen LogP contribution in [0.2, 0.25) is 0 Å². The molecule has 0 amide bonds. The van der Waals surface area contributed by atoms with Gasteiger partial charge >= 0.3 is 0 Å². The standard InChI is InChI=1S/C10H15N3O/c1-4-5-8-7(2)6-9(13-14)10(11-3)12-8/h6H,4-5H2,1-3H3,(H,11,12). The molecule has 4 heteroatoms. The van der Waals surface area contributed by atoms with Crippen LogP contribution in [0.15, 0.2) is 11.2 Å². The summed E-state index contributed by atoms with van der Waals surface area (Å²) in [5.41, 5.74) is 2.44. The molecule has 1 aromatic rings. The lowest BCUT2D eigenvalue weighted by molar-refractivity contribution is 0.872. The number of anilines is 1. The van der Waals surface area contributed by atoms with Crippen molar-refractivity contribution in [2.75, 3.05) is 12.4 Å². The summed E-state index contributed by atoms with van der Waals surface area (Å²) in [7, 11) is 1.74. The van der Waals surface area contributed by atoms with Crippen LogP contribution < -0.4 is 5.32 Å². The second-order valence-electron chi connectivity index (χ2n) is 3.21. The fourth-order valence-corrected chi connectivity index (χ4v) is 1.38. The fraction of sp³-hybridized carbons (Fsp3) is 0.500. The Labute approximate surface area is 83.7 Å². The Bertz CT molecular complexity index is 336. The van der Waals surface area contributed by atoms with Crippen molar-refractivity contribution in [3.63, 3.8) is 0 Å². The molecule has 0 unspecified atom stereocenters. The van der Waals surface area contributed by atoms with Crippen molar-refractivity contribution in [2.45, 2.75) is 26.7 Å². The van der Waals surface area contributed by atoms with Crippen molar-refractivity contribution in [1.29, 1.82) is 0 Å². The Morgan fingerprint density at radius 3 is 2.79 bits per heavy atom. The van der Waals surface area contributed by atoms with E-state index in [1.54, 1.807) is 13.1 Å². The maximum Gasteiger partial charge on any atom is 0.155 e. The minimum Gasteiger partial charge on any atom is -0.371 e. The van der Waals surface area contributed by atoms with Gasteiger partial charge in [-0.25, -0.2) is 4.98 Å². The molecule has 1 N–H and O–H groups in total. The molecule has 0 saturated carbocycles. The third kappa shape index (κ3) is 2.07. The number of aryl methyl sites for hydroxylation is 2. The summed E-state index contributed by atoms with van der Waals surface area (Å²) in [5, 5.41) is 5.80. The third-order valence-electron chi connectivity index (χ3n) is 2.12. The molecule has 0 aliphatic carbocycles. The summed E-state index contributed by atoms with van der Waals surface area (Å²) in [4.78, 5) is 14.8. The van der Waals surface area contributed by atoms with Crippen LogP contribution in [-0.2, 0) is 6.42 Å². The van der Waals surface area contributed by atoms with E-state index in [-0.39, 0.29) is 0 Å². The van der Waals surface area contributed by atoms with Gasteiger partial charge in [0, 0.05) is 12.7 Å². The minimum absolute atomic E-state index is 0.379. The highest BCUT2D eigenvalue weighted by atomic mass is 16.3. The molecule has 0 atom stereocenters. The quantitative estimate of drug-likeness (QED) is 0.748. The van der Waals surface area contributed by atoms with Crippen LogP contribution in [0.3, 0.4) is 0 Å². The number of rotatable bonds is 4. The lowest BCUT2D eigenvalue weighted by atomic mass is 10.1. The number of aromatic nitrogens is 1. The molecule has 0 radical (unpaired) electrons. The zero-order valence-electron chi connectivity index (χ0n) is 8.79. The molecule has 4 nitrogen and oxygen atoms in total. The Hall–Kier alpha value is -1.45. The second-order valence-corrected chi connectivity index (χ2v) is 3.21. The predicted molar refractivity (Wildman–Crippen MR) is 58.0 cm³/mol. The summed E-state index contributed by atoms with van der Waals surface area (Å²) in [5.74, 6) is 0.564. The van der Waals surface area contributed by atoms with E-state index < -0.39 is 0 Å². The minimum atomic E-state index is 0.379. The van der Waals surface area contributed by atoms with Crippen molar-refractivity contribution in [3.8, 4) is 0 Å². The average Bonchev–Trinajstić information content (AvgIpc) is 2.20. The zero-order valence-corrected chi connectivity index (χ0v) is 8.79. The normalized spacial score (nSPS) is 9.93. The molecule has 0 aromatic carbocycles. The van der Waals surface area contributed by atoms with Gasteiger partial charge in [0.05, 0.1) is 0 Å². The van der Waals surface area contributed by atoms with E-state index in [0.717, 1.165) is 24.1 Å². The van der Waals surface area contributed by atoms with Gasteiger partial charge in [-0.1, -0.05) is 13.3 Å². The highest BCUT2D eigenvalue weighted by Crippen LogP contribution is 2.25. The predicted octanol–water partition coefficient (Wildman–Crippen LogP) is 2.78. The zero-order chi connectivity index (χ0) is 10.6. The number of hydrogen-bond donors (Lipinski definition) is 1. The SMILES string of the molecule is CCCc1nc(NC)c(N=O)cc1C. The molecule has 0 aliphatic rings. The van der Waals surface area contributed by atoms with Crippen molar-refractivity contribution < 1.29 is 0 Å². The molecule has 1 rings (SSSR count). The number of pyridine rings is 1. The molecule has 14 heavy (non-hydrogen) atoms. The molecular weight excluding hydrogens is 178 g/mol. The van der Waals surface area contributed by atoms with Crippen LogP contribution in [0.25, 0.3) is 0 Å². The van der Waals surface area contributed by atoms with E-state index in [1.165, 1.54) is 0 Å². The largest absolute Gasteiger partial charge is 0.371 e. The summed E-state index contributed by atoms with van der Waals surface area (Å²) in [6.07, 6.45) is 1.98. The lowest BCUT2D eigenvalue weighted by Gasteiger charge is -2.08. The highest BCUT2D eigenvalue weighted by Gasteiger charge is 2.07. The Morgan fingerprint density at radius 1 is 1.57 bits per heavy atom. The van der Waals surface area contributed by atoms with E-state index in [2.05, 4.69) is 22.4 Å². The molecule has 0 fully saturated rings. The van der Waals surface area contributed by atoms with Gasteiger partial charge in [-0.3, -0.25) is 0 Å². The van der Waals surface area contributed by atoms with Crippen molar-refractivity contribution in [3.05, 3.63) is 22.2 Å². The number of nitroso groups, excluding NO2 is 1. The van der Waals surface area contributed by atoms with Gasteiger partial charge in [-0.2, -0.15) is 0 Å². The van der Waals surface area contributed by atoms with Gasteiger partial charge in [0.2, 0.25) is 0 Å². The Kier molecular flexibility index (Phi) is 3.56. The van der Waals surface area contributed by atoms with E-state index in [0.29, 0.717) is 11.5 Å². The van der Waals surface area contributed by atoms with Gasteiger partial charge < -0.3 is 5.32 Å². The molecule has 0 saturated heterocycles. The average molecular weight is 193 g/mol. The first-order chi connectivity index (χ1) is 6.72. The first-order valence-corrected chi connectivity index (χ1v) is 4.74. The summed E-state index contributed by atoms with van der Waals surface area (Å²) < 4.78 is 0. The van der Waals surface area contributed by atoms with Crippen molar-refractivity contribution in [1.82, 2.24) is 4.98 Å². The summed E-state index contributed by atoms with van der Waals surface area (Å²) in [6.45, 7) is 4.05. The van der Waals surface area contributed by atoms with Gasteiger partial charge in [0.1, 0.15) is 0 Å². The number of nitrogens with zero attached hydrogens (tertiary/aromatic N) is 2. The molecule has 0 spiro atoms. The molecular formula is C10H15N3O. The molecule has 0 aliphatic heterocycles. The topological polar surface area (TPSA) is 54.4 Å². The maximum absolute atomic E-state index is 10.5. The van der Waals surface area contributed by atoms with E-state index in [4.69, 9.17) is 0 Å².